The minimum atomic E-state index is -0.532. The summed E-state index contributed by atoms with van der Waals surface area (Å²) < 4.78 is 0. The third-order valence-electron chi connectivity index (χ3n) is 3.80. The molecule has 1 fully saturated rings. The second-order valence-electron chi connectivity index (χ2n) is 5.41. The zero-order valence-corrected chi connectivity index (χ0v) is 13.6. The van der Waals surface area contributed by atoms with E-state index in [1.807, 2.05) is 12.1 Å². The van der Waals surface area contributed by atoms with Crippen molar-refractivity contribution in [3.63, 3.8) is 0 Å². The molecule has 122 valence electrons. The van der Waals surface area contributed by atoms with Crippen LogP contribution in [0.2, 0.25) is 5.02 Å². The molecular formula is C18H16ClN3O2. The lowest BCUT2D eigenvalue weighted by molar-refractivity contribution is -0.123. The molecule has 24 heavy (non-hydrogen) atoms. The number of pyridine rings is 1. The van der Waals surface area contributed by atoms with E-state index in [2.05, 4.69) is 10.3 Å². The molecule has 2 aromatic rings. The highest BCUT2D eigenvalue weighted by molar-refractivity contribution is 6.34. The van der Waals surface area contributed by atoms with Crippen LogP contribution >= 0.6 is 11.6 Å². The second kappa shape index (κ2) is 7.27. The van der Waals surface area contributed by atoms with Gasteiger partial charge in [-0.2, -0.15) is 0 Å². The fourth-order valence-electron chi connectivity index (χ4n) is 2.59. The fourth-order valence-corrected chi connectivity index (χ4v) is 2.83. The number of anilines is 1. The van der Waals surface area contributed by atoms with Crippen molar-refractivity contribution in [3.05, 3.63) is 65.5 Å². The maximum Gasteiger partial charge on any atom is 0.249 e. The average molecular weight is 342 g/mol. The van der Waals surface area contributed by atoms with E-state index >= 15 is 0 Å². The molecule has 0 radical (unpaired) electrons. The smallest absolute Gasteiger partial charge is 0.249 e. The molecule has 0 saturated carbocycles. The van der Waals surface area contributed by atoms with Gasteiger partial charge in [-0.15, -0.1) is 0 Å². The Morgan fingerprint density at radius 1 is 1.25 bits per heavy atom. The molecule has 6 heteroatoms. The van der Waals surface area contributed by atoms with Gasteiger partial charge in [0.2, 0.25) is 11.8 Å². The van der Waals surface area contributed by atoms with Crippen LogP contribution in [-0.4, -0.2) is 29.4 Å². The molecule has 1 N–H and O–H groups in total. The Morgan fingerprint density at radius 3 is 2.75 bits per heavy atom. The van der Waals surface area contributed by atoms with Gasteiger partial charge in [0, 0.05) is 25.0 Å². The Morgan fingerprint density at radius 2 is 2.00 bits per heavy atom. The number of aromatic nitrogens is 1. The molecule has 0 spiro atoms. The molecule has 3 rings (SSSR count). The molecular weight excluding hydrogens is 326 g/mol. The van der Waals surface area contributed by atoms with Gasteiger partial charge < -0.3 is 10.2 Å². The predicted octanol–water partition coefficient (Wildman–Crippen LogP) is 2.67. The molecule has 1 aliphatic heterocycles. The van der Waals surface area contributed by atoms with E-state index in [0.29, 0.717) is 23.7 Å². The normalized spacial score (nSPS) is 17.5. The van der Waals surface area contributed by atoms with Crippen LogP contribution in [-0.2, 0) is 9.59 Å². The summed E-state index contributed by atoms with van der Waals surface area (Å²) in [6.07, 6.45) is 6.96. The molecule has 1 aromatic heterocycles. The number of amides is 2. The number of benzene rings is 1. The Labute approximate surface area is 145 Å². The van der Waals surface area contributed by atoms with Crippen LogP contribution in [0.15, 0.2) is 54.9 Å². The second-order valence-corrected chi connectivity index (χ2v) is 5.81. The molecule has 1 saturated heterocycles. The topological polar surface area (TPSA) is 62.3 Å². The first kappa shape index (κ1) is 16.2. The number of nitrogens with zero attached hydrogens (tertiary/aromatic N) is 2. The van der Waals surface area contributed by atoms with Crippen molar-refractivity contribution < 1.29 is 9.59 Å². The largest absolute Gasteiger partial charge is 0.341 e. The van der Waals surface area contributed by atoms with Crippen molar-refractivity contribution >= 4 is 35.2 Å². The summed E-state index contributed by atoms with van der Waals surface area (Å²) in [5.41, 5.74) is 1.55. The number of hydrogen-bond acceptors (Lipinski definition) is 3. The molecule has 2 heterocycles. The van der Waals surface area contributed by atoms with E-state index < -0.39 is 6.04 Å². The van der Waals surface area contributed by atoms with Gasteiger partial charge in [0.05, 0.1) is 10.7 Å². The zero-order valence-electron chi connectivity index (χ0n) is 12.9. The Hall–Kier alpha value is -2.66. The molecule has 1 aromatic carbocycles. The van der Waals surface area contributed by atoms with Crippen LogP contribution in [0.5, 0.6) is 0 Å². The monoisotopic (exact) mass is 341 g/mol. The van der Waals surface area contributed by atoms with Gasteiger partial charge in [0.25, 0.3) is 0 Å². The first-order chi connectivity index (χ1) is 11.6. The zero-order chi connectivity index (χ0) is 16.9. The fraction of sp³-hybridized carbons (Fsp3) is 0.167. The maximum atomic E-state index is 12.5. The van der Waals surface area contributed by atoms with E-state index in [1.165, 1.54) is 6.08 Å². The molecule has 1 atom stereocenters. The Balaban J connectivity index is 1.63. The highest BCUT2D eigenvalue weighted by Crippen LogP contribution is 2.28. The van der Waals surface area contributed by atoms with E-state index in [4.69, 9.17) is 11.6 Å². The third kappa shape index (κ3) is 3.63. The summed E-state index contributed by atoms with van der Waals surface area (Å²) in [6.45, 7) is 0.529. The standard InChI is InChI=1S/C18H16ClN3O2/c19-14-3-1-2-4-16(14)22-12-9-15(18(22)24)21-17(23)6-5-13-7-10-20-11-8-13/h1-8,10-11,15H,9,12H2,(H,21,23)/b6-5+. The number of carbonyl (C=O) groups excluding carboxylic acids is 2. The van der Waals surface area contributed by atoms with Crippen molar-refractivity contribution in [2.24, 2.45) is 0 Å². The predicted molar refractivity (Wildman–Crippen MR) is 93.6 cm³/mol. The molecule has 2 amide bonds. The van der Waals surface area contributed by atoms with Gasteiger partial charge in [0.1, 0.15) is 6.04 Å². The highest BCUT2D eigenvalue weighted by Gasteiger charge is 2.33. The van der Waals surface area contributed by atoms with Crippen molar-refractivity contribution in [3.8, 4) is 0 Å². The van der Waals surface area contributed by atoms with Crippen LogP contribution in [0.3, 0.4) is 0 Å². The Kier molecular flexibility index (Phi) is 4.91. The number of halogens is 1. The number of nitrogens with one attached hydrogen (secondary N) is 1. The van der Waals surface area contributed by atoms with Crippen LogP contribution in [0.4, 0.5) is 5.69 Å². The van der Waals surface area contributed by atoms with Crippen LogP contribution in [0, 0.1) is 0 Å². The van der Waals surface area contributed by atoms with Gasteiger partial charge in [0.15, 0.2) is 0 Å². The maximum absolute atomic E-state index is 12.5. The SMILES string of the molecule is O=C(/C=C/c1ccncc1)NC1CCN(c2ccccc2Cl)C1=O. The minimum absolute atomic E-state index is 0.145. The van der Waals surface area contributed by atoms with Crippen LogP contribution < -0.4 is 10.2 Å². The first-order valence-corrected chi connectivity index (χ1v) is 7.97. The van der Waals surface area contributed by atoms with Gasteiger partial charge in [-0.05, 0) is 42.3 Å². The van der Waals surface area contributed by atoms with Gasteiger partial charge in [-0.3, -0.25) is 14.6 Å². The van der Waals surface area contributed by atoms with E-state index in [-0.39, 0.29) is 11.8 Å². The van der Waals surface area contributed by atoms with Gasteiger partial charge in [-0.1, -0.05) is 23.7 Å². The van der Waals surface area contributed by atoms with Crippen molar-refractivity contribution in [2.75, 3.05) is 11.4 Å². The van der Waals surface area contributed by atoms with Crippen LogP contribution in [0.1, 0.15) is 12.0 Å². The quantitative estimate of drug-likeness (QED) is 0.870. The summed E-state index contributed by atoms with van der Waals surface area (Å²) in [5, 5.41) is 3.27. The van der Waals surface area contributed by atoms with E-state index in [0.717, 1.165) is 5.56 Å². The summed E-state index contributed by atoms with van der Waals surface area (Å²) in [7, 11) is 0. The number of para-hydroxylation sites is 1. The lowest BCUT2D eigenvalue weighted by atomic mass is 10.2. The molecule has 0 aliphatic carbocycles. The number of hydrogen-bond donors (Lipinski definition) is 1. The lowest BCUT2D eigenvalue weighted by Gasteiger charge is -2.18. The van der Waals surface area contributed by atoms with Crippen LogP contribution in [0.25, 0.3) is 6.08 Å². The molecule has 5 nitrogen and oxygen atoms in total. The third-order valence-corrected chi connectivity index (χ3v) is 4.12. The number of rotatable bonds is 4. The molecule has 1 unspecified atom stereocenters. The van der Waals surface area contributed by atoms with E-state index in [1.54, 1.807) is 47.6 Å². The van der Waals surface area contributed by atoms with Crippen molar-refractivity contribution in [1.29, 1.82) is 0 Å². The first-order valence-electron chi connectivity index (χ1n) is 7.59. The minimum Gasteiger partial charge on any atom is -0.341 e. The van der Waals surface area contributed by atoms with Gasteiger partial charge >= 0.3 is 0 Å². The van der Waals surface area contributed by atoms with Crippen molar-refractivity contribution in [2.45, 2.75) is 12.5 Å². The number of carbonyl (C=O) groups is 2. The summed E-state index contributed by atoms with van der Waals surface area (Å²) in [4.78, 5) is 30.0. The summed E-state index contributed by atoms with van der Waals surface area (Å²) in [6, 6.07) is 10.2. The highest BCUT2D eigenvalue weighted by atomic mass is 35.5. The summed E-state index contributed by atoms with van der Waals surface area (Å²) in [5.74, 6) is -0.445. The average Bonchev–Trinajstić information content (AvgIpc) is 2.95. The molecule has 1 aliphatic rings. The summed E-state index contributed by atoms with van der Waals surface area (Å²) >= 11 is 6.14. The Bertz CT molecular complexity index is 777. The van der Waals surface area contributed by atoms with Gasteiger partial charge in [-0.25, -0.2) is 0 Å². The van der Waals surface area contributed by atoms with E-state index in [9.17, 15) is 9.59 Å². The van der Waals surface area contributed by atoms with Crippen molar-refractivity contribution in [1.82, 2.24) is 10.3 Å². The molecule has 0 bridgehead atoms. The lowest BCUT2D eigenvalue weighted by Crippen LogP contribution is -2.40.